The normalized spacial score (nSPS) is 15.1. The smallest absolute Gasteiger partial charge is 0.870 e. The Morgan fingerprint density at radius 3 is 1.38 bits per heavy atom. The van der Waals surface area contributed by atoms with Gasteiger partial charge in [-0.2, -0.15) is 0 Å². The molecule has 0 heterocycles. The van der Waals surface area contributed by atoms with Crippen LogP contribution in [0.4, 0.5) is 17.1 Å². The van der Waals surface area contributed by atoms with Gasteiger partial charge in [0.1, 0.15) is 43.4 Å². The summed E-state index contributed by atoms with van der Waals surface area (Å²) in [5, 5.41) is 21.9. The van der Waals surface area contributed by atoms with Crippen molar-refractivity contribution in [2.45, 2.75) is 70.6 Å². The number of ether oxygens (including phenoxy) is 9. The summed E-state index contributed by atoms with van der Waals surface area (Å²) in [7, 11) is 13.7. The molecule has 4 aliphatic carbocycles. The molecular formula is C59H79ClN7NaO16. The molecule has 3 aromatic rings. The topological polar surface area (TPSA) is 318 Å². The van der Waals surface area contributed by atoms with Crippen LogP contribution in [-0.2, 0) is 52.4 Å². The van der Waals surface area contributed by atoms with E-state index in [-0.39, 0.29) is 84.9 Å². The molecule has 0 aliphatic heterocycles. The van der Waals surface area contributed by atoms with Gasteiger partial charge in [-0.25, -0.2) is 0 Å². The number of hydrogen-bond donors (Lipinski definition) is 6. The number of anilines is 3. The summed E-state index contributed by atoms with van der Waals surface area (Å²) in [6.07, 6.45) is 12.5. The molecule has 0 saturated carbocycles. The van der Waals surface area contributed by atoms with Crippen molar-refractivity contribution in [2.24, 2.45) is 9.98 Å². The summed E-state index contributed by atoms with van der Waals surface area (Å²) in [5.41, 5.74) is 13.1. The number of esters is 3. The van der Waals surface area contributed by atoms with Crippen molar-refractivity contribution in [3.05, 3.63) is 130 Å². The monoisotopic (exact) mass is 1200 g/mol. The van der Waals surface area contributed by atoms with Gasteiger partial charge in [0, 0.05) is 35.3 Å². The fourth-order valence-electron chi connectivity index (χ4n) is 7.90. The fraction of sp³-hybridized carbons (Fsp3) is 0.407. The standard InChI is InChI=1S/C17H22N2O4.C16H20N2O4.C10H14ClNO3.C9H13NO3.C7H9NO.Na.H2O/c1-21-13-9-7-12(8-10-13)19-15-6-4-5-14(17(15)23-3)18-11-16(20)22-2;1-21-12-8-6-11(7-9-12)18-14-5-3-4-13(16(14)22-2)17-10-15(19)20;1-14-9(13)6-12-8-5-3-4-7(11)10(8)15-2;1-13-9(12)6-10-7-3-2-4-8(11)5-7;1-9-7-4-2-6(8)3-5-7;;/h7-10,19H,4-6,11H2,1-3H3;6-9,18H,3-5,10H2,1-2H3,(H,19,20);4,12H,3,5-6H2,1-2H3;5,10H,2-4,6H2,1H3;2-5H,8H2,1H3;;1H2/q;;;;;+1;/p-1. The van der Waals surface area contributed by atoms with Gasteiger partial charge < -0.3 is 80.2 Å². The third-order valence-electron chi connectivity index (χ3n) is 12.1. The summed E-state index contributed by atoms with van der Waals surface area (Å²) < 4.78 is 44.9. The first-order valence-electron chi connectivity index (χ1n) is 26.1. The van der Waals surface area contributed by atoms with E-state index in [1.165, 1.54) is 21.3 Å². The van der Waals surface area contributed by atoms with E-state index in [9.17, 15) is 24.0 Å². The second kappa shape index (κ2) is 42.2. The molecule has 7 rings (SSSR count). The zero-order chi connectivity index (χ0) is 60.2. The number of halogens is 1. The summed E-state index contributed by atoms with van der Waals surface area (Å²) in [5.74, 6) is 2.57. The maximum Gasteiger partial charge on any atom is 1.00 e. The van der Waals surface area contributed by atoms with Crippen molar-refractivity contribution in [3.63, 3.8) is 0 Å². The number of aliphatic imine (C=N–C) groups is 2. The van der Waals surface area contributed by atoms with Crippen LogP contribution in [0.25, 0.3) is 0 Å². The van der Waals surface area contributed by atoms with E-state index in [1.54, 1.807) is 60.9 Å². The van der Waals surface area contributed by atoms with Crippen molar-refractivity contribution in [2.75, 3.05) is 107 Å². The Bertz CT molecular complexity index is 2780. The van der Waals surface area contributed by atoms with Crippen LogP contribution in [0.5, 0.6) is 17.2 Å². The minimum Gasteiger partial charge on any atom is -0.870 e. The number of nitrogens with one attached hydrogen (secondary N) is 4. The van der Waals surface area contributed by atoms with Crippen molar-refractivity contribution >= 4 is 69.7 Å². The molecule has 25 heteroatoms. The van der Waals surface area contributed by atoms with E-state index >= 15 is 0 Å². The molecule has 454 valence electrons. The molecule has 84 heavy (non-hydrogen) atoms. The van der Waals surface area contributed by atoms with Crippen molar-refractivity contribution in [1.82, 2.24) is 10.6 Å². The minimum atomic E-state index is -0.946. The van der Waals surface area contributed by atoms with Gasteiger partial charge in [-0.3, -0.25) is 34.0 Å². The molecule has 0 aromatic heterocycles. The molecule has 0 fully saturated rings. The summed E-state index contributed by atoms with van der Waals surface area (Å²) in [6.45, 7) is 0.0327. The van der Waals surface area contributed by atoms with Crippen LogP contribution >= 0.6 is 11.6 Å². The first-order chi connectivity index (χ1) is 39.5. The Hall–Kier alpha value is -7.70. The first kappa shape index (κ1) is 74.3. The Morgan fingerprint density at radius 2 is 0.964 bits per heavy atom. The van der Waals surface area contributed by atoms with E-state index < -0.39 is 5.97 Å². The van der Waals surface area contributed by atoms with Crippen LogP contribution in [0.15, 0.2) is 140 Å². The van der Waals surface area contributed by atoms with Gasteiger partial charge in [0.05, 0.1) is 97.5 Å². The number of benzene rings is 3. The molecule has 23 nitrogen and oxygen atoms in total. The maximum absolute atomic E-state index is 11.3. The van der Waals surface area contributed by atoms with Crippen LogP contribution in [0.3, 0.4) is 0 Å². The van der Waals surface area contributed by atoms with Crippen LogP contribution in [0.1, 0.15) is 70.6 Å². The number of carboxylic acid groups (broad SMARTS) is 1. The van der Waals surface area contributed by atoms with Gasteiger partial charge in [0.2, 0.25) is 0 Å². The summed E-state index contributed by atoms with van der Waals surface area (Å²) in [4.78, 5) is 63.0. The van der Waals surface area contributed by atoms with E-state index in [0.717, 1.165) is 127 Å². The Balaban J connectivity index is 0.000000540. The number of carboxylic acids is 1. The number of nitrogens with two attached hydrogens (primary N) is 1. The number of allylic oxidation sites excluding steroid dienone is 9. The average Bonchev–Trinajstić information content (AvgIpc) is 3.58. The number of methoxy groups -OCH3 is 9. The SMILES string of the molecule is COC(=O)CN=C1CCCC(Nc2ccc(OC)cc2)=C1OC.COC(=O)CNC1=C(OC)C(Cl)=CCC1.COC(=O)CNC1=CC(=O)CCC1.COC1=C(Nc2ccc(OC)cc2)CCCC1=NCC(=O)O.COc1ccc(N)cc1.[Na+].[OH-]. The number of ketones is 1. The van der Waals surface area contributed by atoms with Gasteiger partial charge in [-0.05, 0) is 137 Å². The largest absolute Gasteiger partial charge is 1.00 e. The number of nitrogens with zero attached hydrogens (tertiary/aromatic N) is 2. The Morgan fingerprint density at radius 1 is 0.536 bits per heavy atom. The number of carbonyl (C=O) groups excluding carboxylic acids is 4. The molecule has 0 amide bonds. The first-order valence-corrected chi connectivity index (χ1v) is 26.5. The number of rotatable bonds is 20. The fourth-order valence-corrected chi connectivity index (χ4v) is 8.20. The van der Waals surface area contributed by atoms with Gasteiger partial charge >= 0.3 is 53.4 Å². The van der Waals surface area contributed by atoms with Crippen molar-refractivity contribution in [1.29, 1.82) is 0 Å². The van der Waals surface area contributed by atoms with Gasteiger partial charge in [-0.15, -0.1) is 0 Å². The number of aliphatic carboxylic acids is 1. The van der Waals surface area contributed by atoms with Gasteiger partial charge in [-0.1, -0.05) is 17.7 Å². The summed E-state index contributed by atoms with van der Waals surface area (Å²) >= 11 is 5.95. The predicted octanol–water partition coefficient (Wildman–Crippen LogP) is 5.45. The van der Waals surface area contributed by atoms with Gasteiger partial charge in [0.25, 0.3) is 0 Å². The number of hydrogen-bond acceptors (Lipinski definition) is 22. The van der Waals surface area contributed by atoms with E-state index in [4.69, 9.17) is 50.9 Å². The molecular weight excluding hydrogens is 1120 g/mol. The van der Waals surface area contributed by atoms with E-state index in [2.05, 4.69) is 45.5 Å². The average molecular weight is 1200 g/mol. The third-order valence-corrected chi connectivity index (χ3v) is 12.4. The van der Waals surface area contributed by atoms with Crippen LogP contribution < -0.4 is 70.8 Å². The van der Waals surface area contributed by atoms with Gasteiger partial charge in [0.15, 0.2) is 23.1 Å². The Labute approximate surface area is 518 Å². The Kier molecular flexibility index (Phi) is 37.3. The molecule has 0 atom stereocenters. The van der Waals surface area contributed by atoms with Crippen molar-refractivity contribution in [3.8, 4) is 17.2 Å². The van der Waals surface area contributed by atoms with Crippen LogP contribution in [-0.4, -0.2) is 142 Å². The quantitative estimate of drug-likeness (QED) is 0.0354. The summed E-state index contributed by atoms with van der Waals surface area (Å²) in [6, 6.07) is 22.5. The molecule has 0 spiro atoms. The molecule has 8 N–H and O–H groups in total. The van der Waals surface area contributed by atoms with E-state index in [0.29, 0.717) is 34.4 Å². The van der Waals surface area contributed by atoms with E-state index in [1.807, 2.05) is 66.7 Å². The molecule has 4 aliphatic rings. The second-order valence-electron chi connectivity index (χ2n) is 17.7. The predicted molar refractivity (Wildman–Crippen MR) is 317 cm³/mol. The maximum atomic E-state index is 11.3. The molecule has 0 saturated heterocycles. The third kappa shape index (κ3) is 27.6. The zero-order valence-corrected chi connectivity index (χ0v) is 52.4. The molecule has 3 aromatic carbocycles. The zero-order valence-electron chi connectivity index (χ0n) is 49.6. The molecule has 0 bridgehead atoms. The number of carbonyl (C=O) groups is 5. The minimum absolute atomic E-state index is 0. The number of nitrogen functional groups attached to an aromatic ring is 1. The van der Waals surface area contributed by atoms with Crippen molar-refractivity contribution < 1.29 is 107 Å². The molecule has 0 unspecified atom stereocenters. The molecule has 0 radical (unpaired) electrons. The second-order valence-corrected chi connectivity index (χ2v) is 18.1. The van der Waals surface area contributed by atoms with Crippen LogP contribution in [0.2, 0.25) is 0 Å². The van der Waals surface area contributed by atoms with Crippen LogP contribution in [0, 0.1) is 0 Å².